The van der Waals surface area contributed by atoms with Crippen molar-refractivity contribution in [2.45, 2.75) is 45.6 Å². The van der Waals surface area contributed by atoms with Gasteiger partial charge in [-0.1, -0.05) is 38.5 Å². The summed E-state index contributed by atoms with van der Waals surface area (Å²) in [6.45, 7) is 7.71. The standard InChI is InChI=1S/C18H29FN2/c1-3-15-7-6-11-21(12-10-15)13-14(2)18(20)16-8-4-5-9-17(16)19/h4-5,8-9,14-15,18H,3,6-7,10-13,20H2,1-2H3. The number of benzene rings is 1. The van der Waals surface area contributed by atoms with Gasteiger partial charge >= 0.3 is 0 Å². The second-order valence-electron chi connectivity index (χ2n) is 6.53. The van der Waals surface area contributed by atoms with Gasteiger partial charge in [0.15, 0.2) is 0 Å². The van der Waals surface area contributed by atoms with E-state index in [9.17, 15) is 4.39 Å². The second-order valence-corrected chi connectivity index (χ2v) is 6.53. The fraction of sp³-hybridized carbons (Fsp3) is 0.667. The van der Waals surface area contributed by atoms with Gasteiger partial charge in [-0.15, -0.1) is 0 Å². The molecule has 0 radical (unpaired) electrons. The number of likely N-dealkylation sites (tertiary alicyclic amines) is 1. The van der Waals surface area contributed by atoms with E-state index in [1.807, 2.05) is 12.1 Å². The highest BCUT2D eigenvalue weighted by Crippen LogP contribution is 2.25. The Morgan fingerprint density at radius 2 is 2.05 bits per heavy atom. The van der Waals surface area contributed by atoms with Gasteiger partial charge in [-0.25, -0.2) is 4.39 Å². The number of rotatable bonds is 5. The molecule has 1 aliphatic rings. The van der Waals surface area contributed by atoms with E-state index in [0.29, 0.717) is 5.56 Å². The van der Waals surface area contributed by atoms with Crippen LogP contribution in [-0.2, 0) is 0 Å². The van der Waals surface area contributed by atoms with Gasteiger partial charge in [0.05, 0.1) is 0 Å². The maximum absolute atomic E-state index is 13.8. The summed E-state index contributed by atoms with van der Waals surface area (Å²) in [5.74, 6) is 0.962. The minimum atomic E-state index is -0.226. The van der Waals surface area contributed by atoms with E-state index in [0.717, 1.165) is 25.6 Å². The number of nitrogens with zero attached hydrogens (tertiary/aromatic N) is 1. The average molecular weight is 292 g/mol. The molecule has 3 unspecified atom stereocenters. The van der Waals surface area contributed by atoms with Gasteiger partial charge in [-0.2, -0.15) is 0 Å². The van der Waals surface area contributed by atoms with Crippen LogP contribution in [0.3, 0.4) is 0 Å². The molecule has 1 aliphatic heterocycles. The first-order valence-corrected chi connectivity index (χ1v) is 8.34. The highest BCUT2D eigenvalue weighted by Gasteiger charge is 2.22. The Hall–Kier alpha value is -0.930. The molecule has 118 valence electrons. The molecule has 0 spiro atoms. The summed E-state index contributed by atoms with van der Waals surface area (Å²) >= 11 is 0. The van der Waals surface area contributed by atoms with Crippen molar-refractivity contribution in [3.63, 3.8) is 0 Å². The van der Waals surface area contributed by atoms with Crippen LogP contribution in [0.2, 0.25) is 0 Å². The Labute approximate surface area is 128 Å². The Bertz CT molecular complexity index is 435. The van der Waals surface area contributed by atoms with Crippen LogP contribution in [0, 0.1) is 17.7 Å². The van der Waals surface area contributed by atoms with Gasteiger partial charge in [-0.05, 0) is 50.3 Å². The summed E-state index contributed by atoms with van der Waals surface area (Å²) < 4.78 is 13.8. The fourth-order valence-corrected chi connectivity index (χ4v) is 3.39. The summed E-state index contributed by atoms with van der Waals surface area (Å²) in [4.78, 5) is 2.51. The molecular weight excluding hydrogens is 263 g/mol. The van der Waals surface area contributed by atoms with Crippen LogP contribution in [0.1, 0.15) is 51.1 Å². The van der Waals surface area contributed by atoms with Crippen molar-refractivity contribution in [1.29, 1.82) is 0 Å². The van der Waals surface area contributed by atoms with Gasteiger partial charge in [0.25, 0.3) is 0 Å². The molecular formula is C18H29FN2. The third-order valence-corrected chi connectivity index (χ3v) is 4.94. The van der Waals surface area contributed by atoms with E-state index in [2.05, 4.69) is 18.7 Å². The van der Waals surface area contributed by atoms with Crippen LogP contribution in [0.15, 0.2) is 24.3 Å². The van der Waals surface area contributed by atoms with Crippen molar-refractivity contribution in [1.82, 2.24) is 4.90 Å². The Kier molecular flexibility index (Phi) is 6.19. The maximum atomic E-state index is 13.8. The smallest absolute Gasteiger partial charge is 0.127 e. The second kappa shape index (κ2) is 7.90. The molecule has 0 aromatic heterocycles. The molecule has 1 aromatic rings. The van der Waals surface area contributed by atoms with E-state index in [-0.39, 0.29) is 17.8 Å². The van der Waals surface area contributed by atoms with Crippen LogP contribution in [0.25, 0.3) is 0 Å². The SMILES string of the molecule is CCC1CCCN(CC(C)C(N)c2ccccc2F)CC1. The van der Waals surface area contributed by atoms with Crippen LogP contribution < -0.4 is 5.73 Å². The van der Waals surface area contributed by atoms with Crippen LogP contribution in [0.5, 0.6) is 0 Å². The molecule has 3 heteroatoms. The van der Waals surface area contributed by atoms with Crippen molar-refractivity contribution >= 4 is 0 Å². The topological polar surface area (TPSA) is 29.3 Å². The van der Waals surface area contributed by atoms with Crippen LogP contribution >= 0.6 is 0 Å². The van der Waals surface area contributed by atoms with Crippen molar-refractivity contribution in [2.24, 2.45) is 17.6 Å². The molecule has 1 fully saturated rings. The van der Waals surface area contributed by atoms with Crippen molar-refractivity contribution in [3.05, 3.63) is 35.6 Å². The van der Waals surface area contributed by atoms with Gasteiger partial charge in [0, 0.05) is 18.2 Å². The first-order chi connectivity index (χ1) is 10.1. The van der Waals surface area contributed by atoms with Crippen LogP contribution in [-0.4, -0.2) is 24.5 Å². The minimum absolute atomic E-state index is 0.182. The number of hydrogen-bond donors (Lipinski definition) is 1. The number of hydrogen-bond acceptors (Lipinski definition) is 2. The third kappa shape index (κ3) is 4.52. The zero-order valence-electron chi connectivity index (χ0n) is 13.4. The highest BCUT2D eigenvalue weighted by atomic mass is 19.1. The van der Waals surface area contributed by atoms with E-state index < -0.39 is 0 Å². The lowest BCUT2D eigenvalue weighted by atomic mass is 9.94. The summed E-state index contributed by atoms with van der Waals surface area (Å²) in [6.07, 6.45) is 5.21. The lowest BCUT2D eigenvalue weighted by Crippen LogP contribution is -2.34. The Balaban J connectivity index is 1.91. The Morgan fingerprint density at radius 1 is 1.29 bits per heavy atom. The average Bonchev–Trinajstić information content (AvgIpc) is 2.72. The molecule has 0 aliphatic carbocycles. The maximum Gasteiger partial charge on any atom is 0.127 e. The third-order valence-electron chi connectivity index (χ3n) is 4.94. The molecule has 3 atom stereocenters. The molecule has 1 saturated heterocycles. The molecule has 2 rings (SSSR count). The zero-order valence-corrected chi connectivity index (χ0v) is 13.4. The van der Waals surface area contributed by atoms with E-state index >= 15 is 0 Å². The monoisotopic (exact) mass is 292 g/mol. The van der Waals surface area contributed by atoms with Gasteiger partial charge in [-0.3, -0.25) is 0 Å². The molecule has 1 aromatic carbocycles. The zero-order chi connectivity index (χ0) is 15.2. The van der Waals surface area contributed by atoms with Gasteiger partial charge in [0.2, 0.25) is 0 Å². The number of halogens is 1. The van der Waals surface area contributed by atoms with Crippen molar-refractivity contribution < 1.29 is 4.39 Å². The van der Waals surface area contributed by atoms with Crippen molar-refractivity contribution in [2.75, 3.05) is 19.6 Å². The summed E-state index contributed by atoms with van der Waals surface area (Å²) in [6, 6.07) is 6.67. The van der Waals surface area contributed by atoms with Gasteiger partial charge in [0.1, 0.15) is 5.82 Å². The Morgan fingerprint density at radius 3 is 2.76 bits per heavy atom. The number of nitrogens with two attached hydrogens (primary N) is 1. The molecule has 1 heterocycles. The minimum Gasteiger partial charge on any atom is -0.324 e. The molecule has 0 bridgehead atoms. The van der Waals surface area contributed by atoms with Crippen molar-refractivity contribution in [3.8, 4) is 0 Å². The van der Waals surface area contributed by atoms with Gasteiger partial charge < -0.3 is 10.6 Å². The van der Waals surface area contributed by atoms with Crippen LogP contribution in [0.4, 0.5) is 4.39 Å². The first kappa shape index (κ1) is 16.4. The molecule has 0 amide bonds. The van der Waals surface area contributed by atoms with E-state index in [1.165, 1.54) is 31.7 Å². The molecule has 2 N–H and O–H groups in total. The quantitative estimate of drug-likeness (QED) is 0.889. The molecule has 21 heavy (non-hydrogen) atoms. The van der Waals surface area contributed by atoms with E-state index in [4.69, 9.17) is 5.73 Å². The first-order valence-electron chi connectivity index (χ1n) is 8.34. The fourth-order valence-electron chi connectivity index (χ4n) is 3.39. The predicted molar refractivity (Wildman–Crippen MR) is 86.6 cm³/mol. The summed E-state index contributed by atoms with van der Waals surface area (Å²) in [5.41, 5.74) is 6.93. The summed E-state index contributed by atoms with van der Waals surface area (Å²) in [5, 5.41) is 0. The normalized spacial score (nSPS) is 23.5. The van der Waals surface area contributed by atoms with E-state index in [1.54, 1.807) is 6.07 Å². The lowest BCUT2D eigenvalue weighted by molar-refractivity contribution is 0.225. The molecule has 2 nitrogen and oxygen atoms in total. The largest absolute Gasteiger partial charge is 0.324 e. The predicted octanol–water partition coefficient (Wildman–Crippen LogP) is 3.97. The highest BCUT2D eigenvalue weighted by molar-refractivity contribution is 5.21. The summed E-state index contributed by atoms with van der Waals surface area (Å²) in [7, 11) is 0. The molecule has 0 saturated carbocycles. The lowest BCUT2D eigenvalue weighted by Gasteiger charge is -2.28.